The maximum Gasteiger partial charge on any atom is 1.00 e. The number of benzene rings is 2. The average Bonchev–Trinajstić information content (AvgIpc) is 3.61. The number of nitrogens with one attached hydrogen (secondary N) is 1. The van der Waals surface area contributed by atoms with Gasteiger partial charge in [-0.15, -0.1) is 5.34 Å². The second-order valence-electron chi connectivity index (χ2n) is 6.22. The zero-order valence-electron chi connectivity index (χ0n) is 20.1. The van der Waals surface area contributed by atoms with E-state index in [4.69, 9.17) is 30.5 Å². The molecule has 4 aromatic rings. The van der Waals surface area contributed by atoms with Gasteiger partial charge in [-0.25, -0.2) is 14.6 Å². The Balaban J connectivity index is 0.000000623. The molecule has 3 N–H and O–H groups in total. The molecular weight excluding hydrogens is 648 g/mol. The molecule has 0 bridgehead atoms. The molecule has 18 heteroatoms. The van der Waals surface area contributed by atoms with Crippen molar-refractivity contribution in [3.63, 3.8) is 0 Å². The fraction of sp³-hybridized carbons (Fsp3) is 0.0476. The van der Waals surface area contributed by atoms with Gasteiger partial charge in [0.2, 0.25) is 0 Å². The first-order valence-corrected chi connectivity index (χ1v) is 11.9. The first kappa shape index (κ1) is 35.3. The number of hydrogen-bond acceptors (Lipinski definition) is 10. The fourth-order valence-electron chi connectivity index (χ4n) is 2.48. The van der Waals surface area contributed by atoms with Crippen molar-refractivity contribution in [2.75, 3.05) is 4.93 Å². The predicted octanol–water partition coefficient (Wildman–Crippen LogP) is 2.32. The number of halogens is 3. The Labute approximate surface area is 253 Å². The van der Waals surface area contributed by atoms with E-state index in [1.165, 1.54) is 48.5 Å². The van der Waals surface area contributed by atoms with E-state index in [2.05, 4.69) is 42.9 Å². The average molecular weight is 664 g/mol. The number of hydrogen-bond donors (Lipinski definition) is 2. The number of nitrogens with zero attached hydrogens (tertiary/aromatic N) is 6. The number of nitrogens with two attached hydrogens (primary N) is 1. The third-order valence-corrected chi connectivity index (χ3v) is 3.96. The smallest absolute Gasteiger partial charge is 0.444 e. The predicted molar refractivity (Wildman–Crippen MR) is 138 cm³/mol. The van der Waals surface area contributed by atoms with E-state index in [1.807, 2.05) is 10.4 Å². The molecule has 0 saturated heterocycles. The third kappa shape index (κ3) is 11.7. The van der Waals surface area contributed by atoms with Crippen molar-refractivity contribution in [2.45, 2.75) is 0 Å². The molecule has 198 valence electrons. The van der Waals surface area contributed by atoms with Crippen LogP contribution in [0, 0.1) is 21.7 Å². The van der Waals surface area contributed by atoms with Crippen molar-refractivity contribution in [1.82, 2.24) is 15.7 Å². The number of hydrazine groups is 1. The summed E-state index contributed by atoms with van der Waals surface area (Å²) in [4.78, 5) is 34.5. The number of azide groups is 1. The Kier molecular flexibility index (Phi) is 17.5. The summed E-state index contributed by atoms with van der Waals surface area (Å²) in [6.07, 6.45) is 0. The van der Waals surface area contributed by atoms with Gasteiger partial charge >= 0.3 is 29.6 Å². The van der Waals surface area contributed by atoms with Gasteiger partial charge in [0.05, 0.1) is 0 Å². The van der Waals surface area contributed by atoms with E-state index in [9.17, 15) is 18.4 Å². The monoisotopic (exact) mass is 664 g/mol. The van der Waals surface area contributed by atoms with Crippen LogP contribution in [0.5, 0.6) is 0 Å². The zero-order chi connectivity index (χ0) is 28.5. The molecule has 0 saturated carbocycles. The molecule has 0 aliphatic rings. The molecule has 2 amide bonds. The Hall–Kier alpha value is -3.74. The van der Waals surface area contributed by atoms with Crippen LogP contribution in [0.1, 0.15) is 21.0 Å². The molecule has 0 aliphatic carbocycles. The van der Waals surface area contributed by atoms with Gasteiger partial charge < -0.3 is 19.2 Å². The number of nitrogen functional groups attached to an aromatic ring is 1. The van der Waals surface area contributed by atoms with E-state index >= 15 is 0 Å². The van der Waals surface area contributed by atoms with Crippen LogP contribution in [-0.4, -0.2) is 27.1 Å². The van der Waals surface area contributed by atoms with Crippen molar-refractivity contribution < 1.29 is 57.0 Å². The Morgan fingerprint density at radius 3 is 1.82 bits per heavy atom. The summed E-state index contributed by atoms with van der Waals surface area (Å²) >= 11 is 2.15. The van der Waals surface area contributed by atoms with E-state index < -0.39 is 23.4 Å². The van der Waals surface area contributed by atoms with Crippen LogP contribution in [0.2, 0.25) is 0 Å². The first-order chi connectivity index (χ1) is 18.3. The quantitative estimate of drug-likeness (QED) is 0.0311. The molecule has 2 aromatic carbocycles. The normalized spacial score (nSPS) is 8.85. The summed E-state index contributed by atoms with van der Waals surface area (Å²) in [5.41, 5.74) is 10.9. The van der Waals surface area contributed by atoms with Crippen LogP contribution in [0.3, 0.4) is 0 Å². The molecule has 0 aliphatic heterocycles. The zero-order valence-corrected chi connectivity index (χ0v) is 24.3. The van der Waals surface area contributed by atoms with Gasteiger partial charge in [0, 0.05) is 28.2 Å². The van der Waals surface area contributed by atoms with Gasteiger partial charge in [-0.1, -0.05) is 57.2 Å². The van der Waals surface area contributed by atoms with Crippen molar-refractivity contribution >= 4 is 34.4 Å². The van der Waals surface area contributed by atoms with Gasteiger partial charge in [-0.3, -0.25) is 15.0 Å². The van der Waals surface area contributed by atoms with Crippen LogP contribution in [-0.2, 0) is 0 Å². The molecule has 4 rings (SSSR count). The fourth-order valence-corrected chi connectivity index (χ4v) is 2.48. The molecule has 2 aromatic heterocycles. The Bertz CT molecular complexity index is 1410. The Morgan fingerprint density at radius 2 is 1.41 bits per heavy atom. The minimum atomic E-state index is -0.848. The van der Waals surface area contributed by atoms with Gasteiger partial charge in [-0.2, -0.15) is 0 Å². The molecule has 0 radical (unpaired) electrons. The van der Waals surface area contributed by atoms with Crippen molar-refractivity contribution in [3.8, 4) is 22.6 Å². The third-order valence-electron chi connectivity index (χ3n) is 3.96. The van der Waals surface area contributed by atoms with Gasteiger partial charge in [0.15, 0.2) is 22.9 Å². The number of carbonyl (C=O) groups excluding carboxylic acids is 2. The van der Waals surface area contributed by atoms with E-state index in [1.54, 1.807) is 12.1 Å². The van der Waals surface area contributed by atoms with Gasteiger partial charge in [0.1, 0.15) is 11.6 Å². The van der Waals surface area contributed by atoms with Crippen LogP contribution >= 0.6 is 22.6 Å². The number of aromatic nitrogens is 2. The topological polar surface area (TPSA) is 225 Å². The van der Waals surface area contributed by atoms with E-state index in [-0.39, 0.29) is 46.7 Å². The summed E-state index contributed by atoms with van der Waals surface area (Å²) in [5.74, 6) is 3.23. The van der Waals surface area contributed by atoms with Crippen LogP contribution < -0.4 is 40.8 Å². The molecule has 0 fully saturated rings. The maximum absolute atomic E-state index is 12.9. The van der Waals surface area contributed by atoms with Crippen molar-refractivity contribution in [1.29, 1.82) is 0 Å². The second kappa shape index (κ2) is 19.3. The molecule has 0 unspecified atom stereocenters. The van der Waals surface area contributed by atoms with Crippen LogP contribution in [0.4, 0.5) is 8.78 Å². The van der Waals surface area contributed by atoms with Gasteiger partial charge in [-0.05, 0) is 39.8 Å². The first-order valence-electron chi connectivity index (χ1n) is 9.71. The molecule has 0 spiro atoms. The van der Waals surface area contributed by atoms with Crippen molar-refractivity contribution in [3.05, 3.63) is 104 Å². The number of alkyl halides is 1. The number of carbonyl (C=O) groups is 2. The number of amides is 2. The SMILES string of the molecule is CI.NNC(=O)c1cc(-c2cccc(F)c2)on1.O=N[O-].[N-]=[N+]=NC(=O)c1cc(-c2cccc(F)c2)on1.[Na+]. The van der Waals surface area contributed by atoms with Crippen LogP contribution in [0.25, 0.3) is 33.1 Å². The van der Waals surface area contributed by atoms with E-state index in [0.29, 0.717) is 16.9 Å². The Morgan fingerprint density at radius 1 is 0.974 bits per heavy atom. The molecular formula is C21H16F2IN8NaO6. The second-order valence-corrected chi connectivity index (χ2v) is 6.22. The van der Waals surface area contributed by atoms with Gasteiger partial charge in [0.25, 0.3) is 11.8 Å². The molecule has 14 nitrogen and oxygen atoms in total. The summed E-state index contributed by atoms with van der Waals surface area (Å²) in [5, 5.41) is 18.8. The summed E-state index contributed by atoms with van der Waals surface area (Å²) in [6.45, 7) is 0. The number of rotatable bonds is 4. The molecule has 0 atom stereocenters. The van der Waals surface area contributed by atoms with E-state index in [0.717, 1.165) is 5.34 Å². The van der Waals surface area contributed by atoms with Crippen LogP contribution in [0.15, 0.2) is 80.2 Å². The minimum absolute atomic E-state index is 0. The summed E-state index contributed by atoms with van der Waals surface area (Å²) in [6, 6.07) is 14.1. The standard InChI is InChI=1S/C10H5FN4O2.C10H8FN3O2.CH3I.HNO2.Na/c11-7-3-1-2-6(4-7)9-5-8(14-17-9)10(16)13-15-12;11-7-3-1-2-6(4-7)9-5-8(14-16-9)10(15)13-12;1-2;2-1-3;/h1-5H;1-5H,12H2,(H,13,15);1H3;(H,2,3);/q;;;;+1/p-1. The van der Waals surface area contributed by atoms with Crippen molar-refractivity contribution in [2.24, 2.45) is 16.3 Å². The summed E-state index contributed by atoms with van der Waals surface area (Å²) in [7, 11) is 0. The molecule has 2 heterocycles. The minimum Gasteiger partial charge on any atom is -0.444 e. The largest absolute Gasteiger partial charge is 1.00 e. The molecule has 39 heavy (non-hydrogen) atoms. The summed E-state index contributed by atoms with van der Waals surface area (Å²) < 4.78 is 35.6. The maximum atomic E-state index is 12.9.